The van der Waals surface area contributed by atoms with Crippen molar-refractivity contribution in [2.45, 2.75) is 5.51 Å². The molecule has 0 amide bonds. The first kappa shape index (κ1) is 17.1. The number of nitrogens with zero attached hydrogens (tertiary/aromatic N) is 1. The molecule has 0 aromatic heterocycles. The lowest BCUT2D eigenvalue weighted by Crippen LogP contribution is -2.28. The highest BCUT2D eigenvalue weighted by Crippen LogP contribution is 2.31. The summed E-state index contributed by atoms with van der Waals surface area (Å²) >= 11 is 0. The molecule has 0 aliphatic carbocycles. The molecule has 0 aliphatic rings. The number of hydrogen-bond donors (Lipinski definition) is 0. The van der Waals surface area contributed by atoms with E-state index in [1.165, 1.54) is 11.0 Å². The SMILES string of the molecule is COC(=O)c1ccc(N(C)C)cc1OS(=O)(=O)C(F)(F)F. The quantitative estimate of drug-likeness (QED) is 0.477. The van der Waals surface area contributed by atoms with Crippen molar-refractivity contribution in [2.24, 2.45) is 0 Å². The van der Waals surface area contributed by atoms with Gasteiger partial charge in [-0.2, -0.15) is 21.6 Å². The van der Waals surface area contributed by atoms with Crippen molar-refractivity contribution in [3.05, 3.63) is 23.8 Å². The number of anilines is 1. The van der Waals surface area contributed by atoms with E-state index in [0.29, 0.717) is 5.69 Å². The van der Waals surface area contributed by atoms with E-state index in [4.69, 9.17) is 0 Å². The summed E-state index contributed by atoms with van der Waals surface area (Å²) < 4.78 is 67.6. The second-order valence-electron chi connectivity index (χ2n) is 4.05. The molecular formula is C11H12F3NO5S. The van der Waals surface area contributed by atoms with Crippen LogP contribution in [0.15, 0.2) is 18.2 Å². The maximum Gasteiger partial charge on any atom is 0.534 e. The van der Waals surface area contributed by atoms with Crippen molar-refractivity contribution in [2.75, 3.05) is 26.1 Å². The molecular weight excluding hydrogens is 315 g/mol. The molecule has 21 heavy (non-hydrogen) atoms. The first-order valence-electron chi connectivity index (χ1n) is 5.40. The smallest absolute Gasteiger partial charge is 0.465 e. The zero-order chi connectivity index (χ0) is 16.4. The number of rotatable bonds is 4. The Labute approximate surface area is 119 Å². The summed E-state index contributed by atoms with van der Waals surface area (Å²) in [6.07, 6.45) is 0. The second kappa shape index (κ2) is 5.80. The van der Waals surface area contributed by atoms with E-state index in [1.807, 2.05) is 0 Å². The average molecular weight is 327 g/mol. The molecule has 1 aromatic rings. The fourth-order valence-electron chi connectivity index (χ4n) is 1.30. The summed E-state index contributed by atoms with van der Waals surface area (Å²) in [6, 6.07) is 3.51. The van der Waals surface area contributed by atoms with Gasteiger partial charge in [0.2, 0.25) is 0 Å². The number of halogens is 3. The topological polar surface area (TPSA) is 72.9 Å². The van der Waals surface area contributed by atoms with Crippen molar-refractivity contribution in [1.29, 1.82) is 0 Å². The highest BCUT2D eigenvalue weighted by atomic mass is 32.2. The zero-order valence-corrected chi connectivity index (χ0v) is 12.1. The van der Waals surface area contributed by atoms with Crippen LogP contribution in [0.4, 0.5) is 18.9 Å². The minimum atomic E-state index is -5.88. The molecule has 0 bridgehead atoms. The molecule has 0 aliphatic heterocycles. The molecule has 0 saturated carbocycles. The van der Waals surface area contributed by atoms with Crippen molar-refractivity contribution in [3.8, 4) is 5.75 Å². The van der Waals surface area contributed by atoms with Gasteiger partial charge < -0.3 is 13.8 Å². The normalized spacial score (nSPS) is 11.9. The van der Waals surface area contributed by atoms with Crippen LogP contribution in [0.25, 0.3) is 0 Å². The highest BCUT2D eigenvalue weighted by Gasteiger charge is 2.49. The molecule has 10 heteroatoms. The van der Waals surface area contributed by atoms with Crippen LogP contribution in [0.1, 0.15) is 10.4 Å². The van der Waals surface area contributed by atoms with Crippen LogP contribution in [0.3, 0.4) is 0 Å². The van der Waals surface area contributed by atoms with E-state index in [2.05, 4.69) is 8.92 Å². The standard InChI is InChI=1S/C11H12F3NO5S/c1-15(2)7-4-5-8(10(16)19-3)9(6-7)20-21(17,18)11(12,13)14/h4-6H,1-3H3. The van der Waals surface area contributed by atoms with Crippen LogP contribution in [-0.2, 0) is 14.9 Å². The van der Waals surface area contributed by atoms with Gasteiger partial charge in [0.1, 0.15) is 5.56 Å². The van der Waals surface area contributed by atoms with Gasteiger partial charge in [-0.05, 0) is 12.1 Å². The van der Waals surface area contributed by atoms with Crippen molar-refractivity contribution >= 4 is 21.8 Å². The Morgan fingerprint density at radius 1 is 1.24 bits per heavy atom. The summed E-state index contributed by atoms with van der Waals surface area (Å²) in [6.45, 7) is 0. The summed E-state index contributed by atoms with van der Waals surface area (Å²) in [4.78, 5) is 13.0. The van der Waals surface area contributed by atoms with Gasteiger partial charge in [0, 0.05) is 25.8 Å². The minimum Gasteiger partial charge on any atom is -0.465 e. The molecule has 0 atom stereocenters. The number of carbonyl (C=O) groups excluding carboxylic acids is 1. The predicted octanol–water partition coefficient (Wildman–Crippen LogP) is 1.77. The van der Waals surface area contributed by atoms with E-state index in [-0.39, 0.29) is 0 Å². The molecule has 6 nitrogen and oxygen atoms in total. The van der Waals surface area contributed by atoms with Crippen molar-refractivity contribution in [1.82, 2.24) is 0 Å². The summed E-state index contributed by atoms with van der Waals surface area (Å²) in [5.74, 6) is -1.78. The Kier molecular flexibility index (Phi) is 4.72. The predicted molar refractivity (Wildman–Crippen MR) is 67.7 cm³/mol. The summed E-state index contributed by atoms with van der Waals surface area (Å²) in [5, 5.41) is 0. The largest absolute Gasteiger partial charge is 0.534 e. The zero-order valence-electron chi connectivity index (χ0n) is 11.3. The number of hydrogen-bond acceptors (Lipinski definition) is 6. The maximum atomic E-state index is 12.4. The Bertz CT molecular complexity index is 640. The van der Waals surface area contributed by atoms with Gasteiger partial charge in [-0.3, -0.25) is 0 Å². The lowest BCUT2D eigenvalue weighted by atomic mass is 10.2. The Hall–Kier alpha value is -1.97. The van der Waals surface area contributed by atoms with Gasteiger partial charge in [0.25, 0.3) is 0 Å². The van der Waals surface area contributed by atoms with E-state index < -0.39 is 32.9 Å². The van der Waals surface area contributed by atoms with Gasteiger partial charge in [0.15, 0.2) is 5.75 Å². The van der Waals surface area contributed by atoms with Crippen LogP contribution in [0.5, 0.6) is 5.75 Å². The van der Waals surface area contributed by atoms with Crippen LogP contribution < -0.4 is 9.08 Å². The van der Waals surface area contributed by atoms with Crippen molar-refractivity contribution in [3.63, 3.8) is 0 Å². The first-order valence-corrected chi connectivity index (χ1v) is 6.81. The minimum absolute atomic E-state index is 0.343. The molecule has 0 radical (unpaired) electrons. The molecule has 0 fully saturated rings. The monoisotopic (exact) mass is 327 g/mol. The third-order valence-electron chi connectivity index (χ3n) is 2.37. The lowest BCUT2D eigenvalue weighted by molar-refractivity contribution is -0.0500. The van der Waals surface area contributed by atoms with Crippen LogP contribution in [0, 0.1) is 0 Å². The van der Waals surface area contributed by atoms with Crippen LogP contribution in [-0.4, -0.2) is 41.1 Å². The molecule has 0 unspecified atom stereocenters. The van der Waals surface area contributed by atoms with Gasteiger partial charge >= 0.3 is 21.6 Å². The number of esters is 1. The van der Waals surface area contributed by atoms with Crippen molar-refractivity contribution < 1.29 is 35.3 Å². The molecule has 1 rings (SSSR count). The van der Waals surface area contributed by atoms with E-state index >= 15 is 0 Å². The number of ether oxygens (including phenoxy) is 1. The molecule has 0 saturated heterocycles. The number of carbonyl (C=O) groups is 1. The number of alkyl halides is 3. The lowest BCUT2D eigenvalue weighted by Gasteiger charge is -2.16. The highest BCUT2D eigenvalue weighted by molar-refractivity contribution is 7.88. The van der Waals surface area contributed by atoms with Gasteiger partial charge in [0.05, 0.1) is 7.11 Å². The maximum absolute atomic E-state index is 12.4. The Balaban J connectivity index is 3.37. The second-order valence-corrected chi connectivity index (χ2v) is 5.59. The Morgan fingerprint density at radius 2 is 1.81 bits per heavy atom. The van der Waals surface area contributed by atoms with Crippen LogP contribution in [0.2, 0.25) is 0 Å². The number of benzene rings is 1. The summed E-state index contributed by atoms with van der Waals surface area (Å²) in [7, 11) is -1.72. The fraction of sp³-hybridized carbons (Fsp3) is 0.364. The molecule has 0 N–H and O–H groups in total. The first-order chi connectivity index (χ1) is 9.49. The third kappa shape index (κ3) is 3.78. The van der Waals surface area contributed by atoms with Gasteiger partial charge in [-0.25, -0.2) is 4.79 Å². The molecule has 1 aromatic carbocycles. The van der Waals surface area contributed by atoms with E-state index in [0.717, 1.165) is 19.2 Å². The fourth-order valence-corrected chi connectivity index (χ4v) is 1.77. The Morgan fingerprint density at radius 3 is 2.24 bits per heavy atom. The van der Waals surface area contributed by atoms with E-state index in [9.17, 15) is 26.4 Å². The molecule has 0 spiro atoms. The number of methoxy groups -OCH3 is 1. The van der Waals surface area contributed by atoms with Crippen LogP contribution >= 0.6 is 0 Å². The summed E-state index contributed by atoms with van der Waals surface area (Å²) in [5.41, 5.74) is -5.69. The molecule has 118 valence electrons. The average Bonchev–Trinajstić information content (AvgIpc) is 2.35. The molecule has 0 heterocycles. The van der Waals surface area contributed by atoms with Gasteiger partial charge in [-0.15, -0.1) is 0 Å². The van der Waals surface area contributed by atoms with E-state index in [1.54, 1.807) is 14.1 Å². The third-order valence-corrected chi connectivity index (χ3v) is 3.34. The van der Waals surface area contributed by atoms with Gasteiger partial charge in [-0.1, -0.05) is 0 Å².